The van der Waals surface area contributed by atoms with Gasteiger partial charge in [0.15, 0.2) is 5.78 Å². The molecule has 16 heavy (non-hydrogen) atoms. The fourth-order valence-electron chi connectivity index (χ4n) is 1.20. The number of carbonyl (C=O) groups excluding carboxylic acids is 1. The van der Waals surface area contributed by atoms with Crippen LogP contribution < -0.4 is 0 Å². The smallest absolute Gasteiger partial charge is 0.169 e. The Morgan fingerprint density at radius 3 is 2.56 bits per heavy atom. The Morgan fingerprint density at radius 1 is 1.38 bits per heavy atom. The van der Waals surface area contributed by atoms with Crippen molar-refractivity contribution in [1.29, 1.82) is 0 Å². The number of thiophene rings is 1. The molecular weight excluding hydrogens is 236 g/mol. The second-order valence-electron chi connectivity index (χ2n) is 5.19. The molecule has 0 aliphatic rings. The predicted octanol–water partition coefficient (Wildman–Crippen LogP) is 3.81. The highest BCUT2D eigenvalue weighted by molar-refractivity contribution is 7.14. The number of ketones is 1. The minimum atomic E-state index is -0.984. The lowest BCUT2D eigenvalue weighted by Gasteiger charge is -2.14. The molecule has 0 spiro atoms. The third-order valence-electron chi connectivity index (χ3n) is 2.25. The number of Topliss-reactive ketones (excluding diaryl/α,β-unsaturated/α-hetero) is 1. The summed E-state index contributed by atoms with van der Waals surface area (Å²) in [7, 11) is -0.984. The Bertz CT molecular complexity index is 352. The van der Waals surface area contributed by atoms with E-state index in [2.05, 4.69) is 19.6 Å². The van der Waals surface area contributed by atoms with Crippen LogP contribution in [0, 0.1) is 0 Å². The van der Waals surface area contributed by atoms with Crippen LogP contribution in [0.4, 0.5) is 0 Å². The molecule has 0 aromatic carbocycles. The van der Waals surface area contributed by atoms with E-state index in [1.54, 1.807) is 6.92 Å². The summed E-state index contributed by atoms with van der Waals surface area (Å²) in [5.74, 6) is 0.137. The average molecular weight is 256 g/mol. The molecule has 0 saturated heterocycles. The lowest BCUT2D eigenvalue weighted by atomic mass is 10.3. The van der Waals surface area contributed by atoms with Crippen LogP contribution in [0.3, 0.4) is 0 Å². The lowest BCUT2D eigenvalue weighted by Crippen LogP contribution is -2.21. The lowest BCUT2D eigenvalue weighted by molar-refractivity contribution is 0.102. The molecule has 0 aliphatic heterocycles. The van der Waals surface area contributed by atoms with E-state index in [-0.39, 0.29) is 5.78 Å². The zero-order chi connectivity index (χ0) is 12.2. The molecular formula is C12H20O2SSi. The summed E-state index contributed by atoms with van der Waals surface area (Å²) in [6.45, 7) is 10.1. The Kier molecular flexibility index (Phi) is 4.89. The van der Waals surface area contributed by atoms with E-state index >= 15 is 0 Å². The van der Waals surface area contributed by atoms with Crippen molar-refractivity contribution in [3.63, 3.8) is 0 Å². The predicted molar refractivity (Wildman–Crippen MR) is 72.1 cm³/mol. The summed E-state index contributed by atoms with van der Waals surface area (Å²) in [6, 6.07) is 5.05. The molecule has 0 fully saturated rings. The molecule has 4 heteroatoms. The van der Waals surface area contributed by atoms with Crippen LogP contribution in [0.5, 0.6) is 0 Å². The van der Waals surface area contributed by atoms with Gasteiger partial charge in [-0.25, -0.2) is 0 Å². The van der Waals surface area contributed by atoms with Crippen LogP contribution in [0.2, 0.25) is 25.7 Å². The molecule has 1 aromatic heterocycles. The fraction of sp³-hybridized carbons (Fsp3) is 0.583. The molecule has 1 rings (SSSR count). The SMILES string of the molecule is CC(=O)c1ccc(COCC[Si](C)(C)C)s1. The molecule has 1 heterocycles. The van der Waals surface area contributed by atoms with Gasteiger partial charge in [0.2, 0.25) is 0 Å². The zero-order valence-electron chi connectivity index (χ0n) is 10.5. The summed E-state index contributed by atoms with van der Waals surface area (Å²) >= 11 is 1.54. The minimum absolute atomic E-state index is 0.137. The normalized spacial score (nSPS) is 11.8. The zero-order valence-corrected chi connectivity index (χ0v) is 12.3. The Morgan fingerprint density at radius 2 is 2.06 bits per heavy atom. The van der Waals surface area contributed by atoms with Gasteiger partial charge in [-0.3, -0.25) is 4.79 Å². The minimum Gasteiger partial charge on any atom is -0.376 e. The maximum absolute atomic E-state index is 11.1. The molecule has 1 aromatic rings. The summed E-state index contributed by atoms with van der Waals surface area (Å²) < 4.78 is 5.62. The Balaban J connectivity index is 2.30. The third-order valence-corrected chi connectivity index (χ3v) is 5.11. The van der Waals surface area contributed by atoms with E-state index in [1.165, 1.54) is 17.4 Å². The summed E-state index contributed by atoms with van der Waals surface area (Å²) in [4.78, 5) is 13.1. The van der Waals surface area contributed by atoms with E-state index in [9.17, 15) is 4.79 Å². The summed E-state index contributed by atoms with van der Waals surface area (Å²) in [5, 5.41) is 0. The third kappa shape index (κ3) is 5.05. The molecule has 0 bridgehead atoms. The van der Waals surface area contributed by atoms with Crippen LogP contribution >= 0.6 is 11.3 Å². The quantitative estimate of drug-likeness (QED) is 0.439. The molecule has 90 valence electrons. The number of rotatable bonds is 6. The van der Waals surface area contributed by atoms with Crippen molar-refractivity contribution < 1.29 is 9.53 Å². The van der Waals surface area contributed by atoms with Gasteiger partial charge < -0.3 is 4.74 Å². The van der Waals surface area contributed by atoms with Crippen molar-refractivity contribution in [3.05, 3.63) is 21.9 Å². The van der Waals surface area contributed by atoms with E-state index in [0.29, 0.717) is 6.61 Å². The van der Waals surface area contributed by atoms with Gasteiger partial charge in [-0.05, 0) is 25.1 Å². The van der Waals surface area contributed by atoms with E-state index in [1.807, 2.05) is 12.1 Å². The van der Waals surface area contributed by atoms with Crippen LogP contribution in [0.25, 0.3) is 0 Å². The first-order chi connectivity index (χ1) is 7.38. The second-order valence-corrected chi connectivity index (χ2v) is 12.0. The van der Waals surface area contributed by atoms with E-state index in [0.717, 1.165) is 16.4 Å². The van der Waals surface area contributed by atoms with Crippen LogP contribution in [0.1, 0.15) is 21.5 Å². The van der Waals surface area contributed by atoms with Gasteiger partial charge in [-0.15, -0.1) is 11.3 Å². The van der Waals surface area contributed by atoms with Crippen LogP contribution in [-0.4, -0.2) is 20.5 Å². The van der Waals surface area contributed by atoms with Gasteiger partial charge in [-0.2, -0.15) is 0 Å². The topological polar surface area (TPSA) is 26.3 Å². The van der Waals surface area contributed by atoms with Crippen molar-refractivity contribution in [1.82, 2.24) is 0 Å². The molecule has 0 atom stereocenters. The number of ether oxygens (including phenoxy) is 1. The van der Waals surface area contributed by atoms with E-state index in [4.69, 9.17) is 4.74 Å². The summed E-state index contributed by atoms with van der Waals surface area (Å²) in [5.41, 5.74) is 0. The number of carbonyl (C=O) groups is 1. The molecule has 0 unspecified atom stereocenters. The molecule has 2 nitrogen and oxygen atoms in total. The highest BCUT2D eigenvalue weighted by Gasteiger charge is 2.12. The maximum Gasteiger partial charge on any atom is 0.169 e. The van der Waals surface area contributed by atoms with Gasteiger partial charge >= 0.3 is 0 Å². The van der Waals surface area contributed by atoms with Crippen LogP contribution in [-0.2, 0) is 11.3 Å². The largest absolute Gasteiger partial charge is 0.376 e. The number of hydrogen-bond donors (Lipinski definition) is 0. The highest BCUT2D eigenvalue weighted by atomic mass is 32.1. The molecule has 0 amide bonds. The van der Waals surface area contributed by atoms with Gasteiger partial charge in [-0.1, -0.05) is 19.6 Å². The number of hydrogen-bond acceptors (Lipinski definition) is 3. The fourth-order valence-corrected chi connectivity index (χ4v) is 2.79. The Labute approximate surface area is 103 Å². The van der Waals surface area contributed by atoms with Gasteiger partial charge in [0.25, 0.3) is 0 Å². The standard InChI is InChI=1S/C12H20O2SSi/c1-10(13)12-6-5-11(15-12)9-14-7-8-16(2,3)4/h5-6H,7-9H2,1-4H3. The first-order valence-electron chi connectivity index (χ1n) is 5.56. The summed E-state index contributed by atoms with van der Waals surface area (Å²) in [6.07, 6.45) is 0. The second kappa shape index (κ2) is 5.75. The van der Waals surface area contributed by atoms with Crippen molar-refractivity contribution in [2.24, 2.45) is 0 Å². The highest BCUT2D eigenvalue weighted by Crippen LogP contribution is 2.18. The average Bonchev–Trinajstić information content (AvgIpc) is 2.59. The monoisotopic (exact) mass is 256 g/mol. The van der Waals surface area contributed by atoms with Crippen molar-refractivity contribution in [2.75, 3.05) is 6.61 Å². The van der Waals surface area contributed by atoms with Crippen molar-refractivity contribution in [3.8, 4) is 0 Å². The van der Waals surface area contributed by atoms with Crippen molar-refractivity contribution >= 4 is 25.2 Å². The Hall–Kier alpha value is -0.453. The van der Waals surface area contributed by atoms with Gasteiger partial charge in [0, 0.05) is 19.6 Å². The van der Waals surface area contributed by atoms with Crippen molar-refractivity contribution in [2.45, 2.75) is 39.2 Å². The molecule has 0 aliphatic carbocycles. The molecule has 0 N–H and O–H groups in total. The van der Waals surface area contributed by atoms with E-state index < -0.39 is 8.07 Å². The first kappa shape index (κ1) is 13.6. The maximum atomic E-state index is 11.1. The molecule has 0 saturated carbocycles. The molecule has 0 radical (unpaired) electrons. The van der Waals surface area contributed by atoms with Gasteiger partial charge in [0.05, 0.1) is 11.5 Å². The van der Waals surface area contributed by atoms with Gasteiger partial charge in [0.1, 0.15) is 0 Å². The van der Waals surface area contributed by atoms with Crippen LogP contribution in [0.15, 0.2) is 12.1 Å². The first-order valence-corrected chi connectivity index (χ1v) is 10.1.